The maximum atomic E-state index is 6.17. The van der Waals surface area contributed by atoms with Crippen molar-refractivity contribution in [1.29, 1.82) is 0 Å². The summed E-state index contributed by atoms with van der Waals surface area (Å²) in [5.41, 5.74) is 3.09. The van der Waals surface area contributed by atoms with Crippen LogP contribution in [0.4, 0.5) is 0 Å². The van der Waals surface area contributed by atoms with Crippen LogP contribution < -0.4 is 5.32 Å². The Morgan fingerprint density at radius 2 is 2.29 bits per heavy atom. The van der Waals surface area contributed by atoms with Crippen LogP contribution in [0, 0.1) is 6.92 Å². The highest BCUT2D eigenvalue weighted by Crippen LogP contribution is 2.23. The number of hydrogen-bond acceptors (Lipinski definition) is 2. The van der Waals surface area contributed by atoms with Gasteiger partial charge in [-0.15, -0.1) is 0 Å². The number of rotatable bonds is 4. The molecule has 0 saturated heterocycles. The van der Waals surface area contributed by atoms with E-state index < -0.39 is 0 Å². The molecule has 17 heavy (non-hydrogen) atoms. The molecule has 0 unspecified atom stereocenters. The van der Waals surface area contributed by atoms with Crippen molar-refractivity contribution >= 4 is 22.6 Å². The van der Waals surface area contributed by atoms with Gasteiger partial charge >= 0.3 is 0 Å². The standard InChI is InChI=1S/C13H16ClN3/c1-8-6-10(14)13-11(7-8)16-12(17-13)4-5-15-9-2-3-9/h6-7,9,15H,2-5H2,1H3,(H,16,17). The van der Waals surface area contributed by atoms with E-state index in [1.54, 1.807) is 0 Å². The number of hydrogen-bond donors (Lipinski definition) is 2. The molecule has 2 N–H and O–H groups in total. The maximum absolute atomic E-state index is 6.17. The molecule has 2 aromatic rings. The molecular formula is C13H16ClN3. The Kier molecular flexibility index (Phi) is 2.81. The summed E-state index contributed by atoms with van der Waals surface area (Å²) in [6.45, 7) is 3.03. The van der Waals surface area contributed by atoms with Gasteiger partial charge in [-0.1, -0.05) is 11.6 Å². The van der Waals surface area contributed by atoms with E-state index in [-0.39, 0.29) is 0 Å². The molecule has 1 aliphatic rings. The van der Waals surface area contributed by atoms with Crippen LogP contribution in [0.3, 0.4) is 0 Å². The zero-order valence-electron chi connectivity index (χ0n) is 9.89. The zero-order valence-corrected chi connectivity index (χ0v) is 10.6. The molecule has 1 aromatic carbocycles. The van der Waals surface area contributed by atoms with Crippen molar-refractivity contribution in [2.75, 3.05) is 6.54 Å². The molecule has 0 atom stereocenters. The summed E-state index contributed by atoms with van der Waals surface area (Å²) in [5.74, 6) is 1.01. The van der Waals surface area contributed by atoms with Crippen LogP contribution in [0.1, 0.15) is 24.2 Å². The molecule has 0 bridgehead atoms. The molecule has 1 saturated carbocycles. The predicted molar refractivity (Wildman–Crippen MR) is 70.6 cm³/mol. The van der Waals surface area contributed by atoms with E-state index in [0.29, 0.717) is 0 Å². The largest absolute Gasteiger partial charge is 0.342 e. The van der Waals surface area contributed by atoms with Crippen molar-refractivity contribution in [3.05, 3.63) is 28.5 Å². The van der Waals surface area contributed by atoms with Gasteiger partial charge in [0.2, 0.25) is 0 Å². The lowest BCUT2D eigenvalue weighted by molar-refractivity contribution is 0.670. The summed E-state index contributed by atoms with van der Waals surface area (Å²) in [6, 6.07) is 4.80. The number of benzene rings is 1. The van der Waals surface area contributed by atoms with Crippen molar-refractivity contribution in [2.45, 2.75) is 32.2 Å². The Morgan fingerprint density at radius 1 is 1.47 bits per heavy atom. The molecule has 90 valence electrons. The normalized spacial score (nSPS) is 15.6. The highest BCUT2D eigenvalue weighted by Gasteiger charge is 2.19. The number of fused-ring (bicyclic) bond motifs is 1. The predicted octanol–water partition coefficient (Wildman–Crippen LogP) is 2.82. The minimum Gasteiger partial charge on any atom is -0.342 e. The van der Waals surface area contributed by atoms with Gasteiger partial charge in [0.25, 0.3) is 0 Å². The van der Waals surface area contributed by atoms with Gasteiger partial charge in [-0.2, -0.15) is 0 Å². The first kappa shape index (κ1) is 11.1. The summed E-state index contributed by atoms with van der Waals surface area (Å²) in [4.78, 5) is 7.88. The van der Waals surface area contributed by atoms with Gasteiger partial charge in [0, 0.05) is 19.0 Å². The van der Waals surface area contributed by atoms with Gasteiger partial charge in [-0.05, 0) is 37.5 Å². The smallest absolute Gasteiger partial charge is 0.108 e. The van der Waals surface area contributed by atoms with E-state index in [9.17, 15) is 0 Å². The quantitative estimate of drug-likeness (QED) is 0.875. The maximum Gasteiger partial charge on any atom is 0.108 e. The van der Waals surface area contributed by atoms with Crippen LogP contribution in [0.25, 0.3) is 11.0 Å². The Labute approximate surface area is 106 Å². The van der Waals surface area contributed by atoms with E-state index in [0.717, 1.165) is 46.5 Å². The Morgan fingerprint density at radius 3 is 3.06 bits per heavy atom. The fourth-order valence-corrected chi connectivity index (χ4v) is 2.38. The van der Waals surface area contributed by atoms with E-state index >= 15 is 0 Å². The van der Waals surface area contributed by atoms with Gasteiger partial charge in [-0.3, -0.25) is 0 Å². The molecule has 0 radical (unpaired) electrons. The molecule has 1 fully saturated rings. The number of nitrogens with zero attached hydrogens (tertiary/aromatic N) is 1. The van der Waals surface area contributed by atoms with Gasteiger partial charge in [0.05, 0.1) is 10.5 Å². The number of halogens is 1. The molecule has 1 heterocycles. The highest BCUT2D eigenvalue weighted by atomic mass is 35.5. The average molecular weight is 250 g/mol. The summed E-state index contributed by atoms with van der Waals surface area (Å²) in [5, 5.41) is 4.22. The van der Waals surface area contributed by atoms with Crippen LogP contribution in [-0.2, 0) is 6.42 Å². The summed E-state index contributed by atoms with van der Waals surface area (Å²) in [6.07, 6.45) is 3.58. The summed E-state index contributed by atoms with van der Waals surface area (Å²) in [7, 11) is 0. The van der Waals surface area contributed by atoms with Crippen molar-refractivity contribution in [3.63, 3.8) is 0 Å². The van der Waals surface area contributed by atoms with Crippen LogP contribution in [-0.4, -0.2) is 22.6 Å². The van der Waals surface area contributed by atoms with Crippen LogP contribution in [0.5, 0.6) is 0 Å². The molecule has 1 aromatic heterocycles. The third kappa shape index (κ3) is 2.45. The molecule has 3 nitrogen and oxygen atoms in total. The molecule has 3 rings (SSSR count). The number of H-pyrrole nitrogens is 1. The van der Waals surface area contributed by atoms with Crippen molar-refractivity contribution < 1.29 is 0 Å². The van der Waals surface area contributed by atoms with Gasteiger partial charge in [0.15, 0.2) is 0 Å². The number of aromatic nitrogens is 2. The fraction of sp³-hybridized carbons (Fsp3) is 0.462. The Hall–Kier alpha value is -1.06. The van der Waals surface area contributed by atoms with Gasteiger partial charge < -0.3 is 10.3 Å². The molecule has 0 amide bonds. The Balaban J connectivity index is 1.77. The third-order valence-corrected chi connectivity index (χ3v) is 3.39. The topological polar surface area (TPSA) is 40.7 Å². The van der Waals surface area contributed by atoms with E-state index in [1.165, 1.54) is 12.8 Å². The number of aromatic amines is 1. The second kappa shape index (κ2) is 4.31. The molecule has 0 spiro atoms. The highest BCUT2D eigenvalue weighted by molar-refractivity contribution is 6.35. The molecule has 1 aliphatic carbocycles. The SMILES string of the molecule is Cc1cc(Cl)c2nc(CCNC3CC3)[nH]c2c1. The monoisotopic (exact) mass is 249 g/mol. The third-order valence-electron chi connectivity index (χ3n) is 3.11. The summed E-state index contributed by atoms with van der Waals surface area (Å²) < 4.78 is 0. The van der Waals surface area contributed by atoms with Crippen LogP contribution >= 0.6 is 11.6 Å². The second-order valence-electron chi connectivity index (χ2n) is 4.80. The first-order valence-electron chi connectivity index (χ1n) is 6.10. The lowest BCUT2D eigenvalue weighted by Gasteiger charge is -1.98. The molecule has 0 aliphatic heterocycles. The second-order valence-corrected chi connectivity index (χ2v) is 5.21. The van der Waals surface area contributed by atoms with Crippen molar-refractivity contribution in [2.24, 2.45) is 0 Å². The van der Waals surface area contributed by atoms with E-state index in [4.69, 9.17) is 11.6 Å². The molecule has 4 heteroatoms. The minimum atomic E-state index is 0.734. The number of aryl methyl sites for hydroxylation is 1. The van der Waals surface area contributed by atoms with Crippen LogP contribution in [0.15, 0.2) is 12.1 Å². The van der Waals surface area contributed by atoms with Gasteiger partial charge in [-0.25, -0.2) is 4.98 Å². The average Bonchev–Trinajstić information content (AvgIpc) is 2.98. The fourth-order valence-electron chi connectivity index (χ4n) is 2.06. The Bertz CT molecular complexity index is 543. The van der Waals surface area contributed by atoms with Crippen LogP contribution in [0.2, 0.25) is 5.02 Å². The first-order chi connectivity index (χ1) is 8.22. The lowest BCUT2D eigenvalue weighted by Crippen LogP contribution is -2.19. The first-order valence-corrected chi connectivity index (χ1v) is 6.48. The van der Waals surface area contributed by atoms with Gasteiger partial charge in [0.1, 0.15) is 11.3 Å². The van der Waals surface area contributed by atoms with Crippen molar-refractivity contribution in [3.8, 4) is 0 Å². The van der Waals surface area contributed by atoms with E-state index in [2.05, 4.69) is 21.4 Å². The zero-order chi connectivity index (χ0) is 11.8. The summed E-state index contributed by atoms with van der Waals surface area (Å²) >= 11 is 6.17. The molecular weight excluding hydrogens is 234 g/mol. The number of nitrogens with one attached hydrogen (secondary N) is 2. The minimum absolute atomic E-state index is 0.734. The van der Waals surface area contributed by atoms with E-state index in [1.807, 2.05) is 13.0 Å². The van der Waals surface area contributed by atoms with Crippen molar-refractivity contribution in [1.82, 2.24) is 15.3 Å². The lowest BCUT2D eigenvalue weighted by atomic mass is 10.2. The number of imidazole rings is 1.